The molecule has 0 spiro atoms. The number of anilines is 2. The number of H-pyrrole nitrogens is 1. The van der Waals surface area contributed by atoms with Crippen molar-refractivity contribution in [3.63, 3.8) is 0 Å². The highest BCUT2D eigenvalue weighted by Crippen LogP contribution is 2.43. The van der Waals surface area contributed by atoms with Gasteiger partial charge in [0, 0.05) is 99.3 Å². The van der Waals surface area contributed by atoms with E-state index in [1.807, 2.05) is 61.7 Å². The Balaban J connectivity index is 0.977. The highest BCUT2D eigenvalue weighted by Gasteiger charge is 2.30. The Hall–Kier alpha value is -4.89. The third-order valence-electron chi connectivity index (χ3n) is 12.3. The lowest BCUT2D eigenvalue weighted by atomic mass is 9.72. The number of piperazine rings is 2. The zero-order valence-corrected chi connectivity index (χ0v) is 36.8. The van der Waals surface area contributed by atoms with E-state index in [0.717, 1.165) is 111 Å². The molecule has 12 nitrogen and oxygen atoms in total. The van der Waals surface area contributed by atoms with Crippen molar-refractivity contribution in [2.75, 3.05) is 82.4 Å². The van der Waals surface area contributed by atoms with E-state index < -0.39 is 15.9 Å². The fourth-order valence-corrected chi connectivity index (χ4v) is 9.84. The van der Waals surface area contributed by atoms with Crippen LogP contribution in [0.25, 0.3) is 16.5 Å². The van der Waals surface area contributed by atoms with Crippen LogP contribution in [-0.2, 0) is 10.0 Å². The van der Waals surface area contributed by atoms with E-state index in [0.29, 0.717) is 12.3 Å². The minimum atomic E-state index is -4.24. The summed E-state index contributed by atoms with van der Waals surface area (Å²) in [6.07, 6.45) is 5.14. The van der Waals surface area contributed by atoms with Crippen LogP contribution < -0.4 is 19.8 Å². The van der Waals surface area contributed by atoms with Crippen molar-refractivity contribution in [1.82, 2.24) is 24.5 Å². The average Bonchev–Trinajstić information content (AvgIpc) is 3.71. The molecule has 61 heavy (non-hydrogen) atoms. The van der Waals surface area contributed by atoms with Gasteiger partial charge in [-0.15, -0.1) is 0 Å². The van der Waals surface area contributed by atoms with Gasteiger partial charge in [0.05, 0.1) is 22.8 Å². The van der Waals surface area contributed by atoms with E-state index in [2.05, 4.69) is 60.8 Å². The normalized spacial score (nSPS) is 18.1. The molecule has 2 aliphatic heterocycles. The molecule has 4 N–H and O–H groups in total. The van der Waals surface area contributed by atoms with E-state index >= 15 is 0 Å². The summed E-state index contributed by atoms with van der Waals surface area (Å²) in [6, 6.07) is 26.0. The SMILES string of the molecule is Cc1cc(S(=O)(=O)NC(=O)c2ccc(N3CCN(CC4=C(c5ccc(Cl)cc5)CC(C)(C)CC4)CC3)cc2Oc2ccc3[nH]ccc3c2)ccc1NN1CCN(CCO)CC1. The van der Waals surface area contributed by atoms with Crippen molar-refractivity contribution in [2.24, 2.45) is 5.41 Å². The van der Waals surface area contributed by atoms with E-state index in [1.54, 1.807) is 18.2 Å². The molecule has 8 rings (SSSR count). The summed E-state index contributed by atoms with van der Waals surface area (Å²) in [5.41, 5.74) is 11.3. The number of aromatic amines is 1. The van der Waals surface area contributed by atoms with Gasteiger partial charge in [0.15, 0.2) is 0 Å². The van der Waals surface area contributed by atoms with Gasteiger partial charge in [-0.3, -0.25) is 14.6 Å². The highest BCUT2D eigenvalue weighted by molar-refractivity contribution is 7.90. The fourth-order valence-electron chi connectivity index (χ4n) is 8.66. The molecule has 4 aromatic carbocycles. The number of ether oxygens (including phenoxy) is 1. The van der Waals surface area contributed by atoms with E-state index in [9.17, 15) is 18.3 Å². The van der Waals surface area contributed by atoms with Gasteiger partial charge in [-0.05, 0) is 115 Å². The third-order valence-corrected chi connectivity index (χ3v) is 13.9. The number of hydrogen-bond acceptors (Lipinski definition) is 10. The van der Waals surface area contributed by atoms with Gasteiger partial charge in [-0.1, -0.05) is 43.2 Å². The Bertz CT molecular complexity index is 2510. The Labute approximate surface area is 364 Å². The first-order chi connectivity index (χ1) is 29.3. The summed E-state index contributed by atoms with van der Waals surface area (Å²) in [5, 5.41) is 13.0. The molecule has 0 radical (unpaired) electrons. The minimum absolute atomic E-state index is 0.0143. The first-order valence-electron chi connectivity index (χ1n) is 21.2. The number of sulfonamides is 1. The van der Waals surface area contributed by atoms with Crippen LogP contribution in [0, 0.1) is 12.3 Å². The van der Waals surface area contributed by atoms with Gasteiger partial charge in [-0.25, -0.2) is 18.1 Å². The van der Waals surface area contributed by atoms with Crippen molar-refractivity contribution in [2.45, 2.75) is 44.9 Å². The summed E-state index contributed by atoms with van der Waals surface area (Å²) in [6.45, 7) is 14.7. The second-order valence-corrected chi connectivity index (χ2v) is 19.4. The number of aliphatic hydroxyl groups excluding tert-OH is 1. The number of rotatable bonds is 13. The molecule has 1 aromatic heterocycles. The van der Waals surface area contributed by atoms with Crippen molar-refractivity contribution < 1.29 is 23.1 Å². The van der Waals surface area contributed by atoms with Gasteiger partial charge in [0.25, 0.3) is 15.9 Å². The maximum atomic E-state index is 14.0. The van der Waals surface area contributed by atoms with Crippen molar-refractivity contribution >= 4 is 55.4 Å². The maximum absolute atomic E-state index is 14.0. The summed E-state index contributed by atoms with van der Waals surface area (Å²) in [7, 11) is -4.24. The number of halogens is 1. The first-order valence-corrected chi connectivity index (χ1v) is 23.0. The molecule has 322 valence electrons. The van der Waals surface area contributed by atoms with Gasteiger partial charge in [-0.2, -0.15) is 0 Å². The molecule has 0 unspecified atom stereocenters. The lowest BCUT2D eigenvalue weighted by molar-refractivity contribution is 0.0979. The number of aromatic nitrogens is 1. The van der Waals surface area contributed by atoms with Crippen molar-refractivity contribution in [1.29, 1.82) is 0 Å². The largest absolute Gasteiger partial charge is 0.456 e. The zero-order chi connectivity index (χ0) is 42.7. The lowest BCUT2D eigenvalue weighted by Gasteiger charge is -2.39. The molecular weight excluding hydrogens is 810 g/mol. The molecular formula is C47H56ClN7O5S. The molecule has 2 fully saturated rings. The van der Waals surface area contributed by atoms with Gasteiger partial charge < -0.3 is 25.2 Å². The average molecular weight is 867 g/mol. The number of amides is 1. The Kier molecular flexibility index (Phi) is 12.8. The summed E-state index contributed by atoms with van der Waals surface area (Å²) < 4.78 is 36.2. The zero-order valence-electron chi connectivity index (χ0n) is 35.2. The summed E-state index contributed by atoms with van der Waals surface area (Å²) in [5.74, 6) is 0.00922. The second kappa shape index (κ2) is 18.2. The Morgan fingerprint density at radius 3 is 2.38 bits per heavy atom. The summed E-state index contributed by atoms with van der Waals surface area (Å²) >= 11 is 6.25. The number of allylic oxidation sites excluding steroid dienone is 1. The second-order valence-electron chi connectivity index (χ2n) is 17.3. The molecule has 0 atom stereocenters. The minimum Gasteiger partial charge on any atom is -0.456 e. The lowest BCUT2D eigenvalue weighted by Crippen LogP contribution is -2.49. The molecule has 2 saturated heterocycles. The topological polar surface area (TPSA) is 133 Å². The Morgan fingerprint density at radius 2 is 1.64 bits per heavy atom. The van der Waals surface area contributed by atoms with Crippen LogP contribution in [0.5, 0.6) is 11.5 Å². The monoisotopic (exact) mass is 865 g/mol. The number of aryl methyl sites for hydroxylation is 1. The Morgan fingerprint density at radius 1 is 0.885 bits per heavy atom. The summed E-state index contributed by atoms with van der Waals surface area (Å²) in [4.78, 5) is 24.2. The van der Waals surface area contributed by atoms with E-state index in [1.165, 1.54) is 22.8 Å². The number of carbonyl (C=O) groups excluding carboxylic acids is 1. The first kappa shape index (κ1) is 42.8. The number of carbonyl (C=O) groups is 1. The van der Waals surface area contributed by atoms with Crippen LogP contribution in [0.4, 0.5) is 11.4 Å². The predicted octanol–water partition coefficient (Wildman–Crippen LogP) is 7.76. The van der Waals surface area contributed by atoms with E-state index in [-0.39, 0.29) is 28.2 Å². The fraction of sp³-hybridized carbons (Fsp3) is 0.383. The van der Waals surface area contributed by atoms with Crippen LogP contribution in [0.15, 0.2) is 102 Å². The van der Waals surface area contributed by atoms with E-state index in [4.69, 9.17) is 16.3 Å². The molecule has 1 amide bonds. The van der Waals surface area contributed by atoms with Crippen molar-refractivity contribution in [3.05, 3.63) is 118 Å². The number of hydrogen-bond donors (Lipinski definition) is 4. The van der Waals surface area contributed by atoms with Crippen LogP contribution in [0.3, 0.4) is 0 Å². The smallest absolute Gasteiger partial charge is 0.268 e. The third kappa shape index (κ3) is 10.3. The molecule has 0 bridgehead atoms. The van der Waals surface area contributed by atoms with Gasteiger partial charge >= 0.3 is 0 Å². The molecule has 14 heteroatoms. The maximum Gasteiger partial charge on any atom is 0.268 e. The molecule has 1 aliphatic carbocycles. The predicted molar refractivity (Wildman–Crippen MR) is 244 cm³/mol. The number of nitrogens with one attached hydrogen (secondary N) is 3. The quantitative estimate of drug-likeness (QED) is 0.0931. The van der Waals surface area contributed by atoms with Gasteiger partial charge in [0.1, 0.15) is 11.5 Å². The van der Waals surface area contributed by atoms with Crippen LogP contribution in [-0.4, -0.2) is 111 Å². The molecule has 0 saturated carbocycles. The van der Waals surface area contributed by atoms with Crippen LogP contribution >= 0.6 is 11.6 Å². The highest BCUT2D eigenvalue weighted by atomic mass is 35.5. The number of nitrogens with zero attached hydrogens (tertiary/aromatic N) is 4. The van der Waals surface area contributed by atoms with Crippen LogP contribution in [0.1, 0.15) is 54.6 Å². The molecule has 3 aliphatic rings. The standard InChI is InChI=1S/C47H56ClN7O5S/c1-33-28-40(10-13-43(33)50-55-24-20-52(21-25-55)26-27-56)61(58,59)51-46(57)41-11-8-38(30-45(41)60-39-9-12-44-35(29-39)15-17-49-44)54-22-18-53(19-23-54)32-36-14-16-47(2,3)31-42(36)34-4-6-37(48)7-5-34/h4-13,15,17,28-30,49-50,56H,14,16,18-27,31-32H2,1-3H3,(H,51,57). The number of β-amino-alcohol motifs (C(OH)–C–C–N with tert-alkyl or cyclic N) is 1. The number of hydrazine groups is 1. The molecule has 3 heterocycles. The number of fused-ring (bicyclic) bond motifs is 1. The van der Waals surface area contributed by atoms with Crippen molar-refractivity contribution in [3.8, 4) is 11.5 Å². The number of aliphatic hydroxyl groups is 1. The van der Waals surface area contributed by atoms with Crippen LogP contribution in [0.2, 0.25) is 5.02 Å². The molecule has 5 aromatic rings. The van der Waals surface area contributed by atoms with Gasteiger partial charge in [0.2, 0.25) is 0 Å². The number of benzene rings is 4.